The first-order valence-electron chi connectivity index (χ1n) is 8.67. The zero-order valence-electron chi connectivity index (χ0n) is 14.1. The van der Waals surface area contributed by atoms with E-state index in [0.717, 1.165) is 58.9 Å². The lowest BCUT2D eigenvalue weighted by molar-refractivity contribution is -0.138. The molecule has 0 radical (unpaired) electrons. The van der Waals surface area contributed by atoms with Crippen LogP contribution in [0.25, 0.3) is 0 Å². The molecule has 2 aliphatic heterocycles. The van der Waals surface area contributed by atoms with E-state index < -0.39 is 0 Å². The molecule has 1 aromatic rings. The van der Waals surface area contributed by atoms with Crippen molar-refractivity contribution in [1.82, 2.24) is 20.0 Å². The first-order valence-corrected chi connectivity index (χ1v) is 8.67. The lowest BCUT2D eigenvalue weighted by atomic mass is 10.0. The van der Waals surface area contributed by atoms with Gasteiger partial charge in [-0.1, -0.05) is 30.3 Å². The Bertz CT molecular complexity index is 495. The largest absolute Gasteiger partial charge is 0.340 e. The Labute approximate surface area is 139 Å². The van der Waals surface area contributed by atoms with Gasteiger partial charge in [-0.15, -0.1) is 0 Å². The summed E-state index contributed by atoms with van der Waals surface area (Å²) in [6.07, 6.45) is 0. The topological polar surface area (TPSA) is 38.8 Å². The first kappa shape index (κ1) is 16.4. The van der Waals surface area contributed by atoms with Crippen LogP contribution in [0.15, 0.2) is 30.3 Å². The van der Waals surface area contributed by atoms with E-state index in [9.17, 15) is 4.79 Å². The monoisotopic (exact) mass is 316 g/mol. The molecule has 0 spiro atoms. The van der Waals surface area contributed by atoms with E-state index in [0.29, 0.717) is 5.91 Å². The van der Waals surface area contributed by atoms with Gasteiger partial charge in [0.05, 0.1) is 5.92 Å². The number of benzene rings is 1. The van der Waals surface area contributed by atoms with Crippen molar-refractivity contribution in [1.29, 1.82) is 0 Å². The standard InChI is InChI=1S/C18H28N4O/c1-20(15-16-5-3-2-4-6-16)7-8-21-9-11-22(12-10-21)18(23)17-13-19-14-17/h2-6,17,19H,7-15H2,1H3. The summed E-state index contributed by atoms with van der Waals surface area (Å²) in [5.74, 6) is 0.586. The Kier molecular flexibility index (Phi) is 5.65. The van der Waals surface area contributed by atoms with Crippen LogP contribution in [0.1, 0.15) is 5.56 Å². The number of rotatable bonds is 6. The molecule has 3 rings (SSSR count). The molecule has 2 aliphatic rings. The predicted molar refractivity (Wildman–Crippen MR) is 92.2 cm³/mol. The minimum Gasteiger partial charge on any atom is -0.340 e. The molecule has 2 saturated heterocycles. The maximum atomic E-state index is 12.2. The molecule has 0 bridgehead atoms. The van der Waals surface area contributed by atoms with Crippen molar-refractivity contribution in [2.75, 3.05) is 59.4 Å². The van der Waals surface area contributed by atoms with Gasteiger partial charge in [-0.2, -0.15) is 0 Å². The van der Waals surface area contributed by atoms with Gasteiger partial charge in [-0.05, 0) is 12.6 Å². The van der Waals surface area contributed by atoms with Gasteiger partial charge in [0.15, 0.2) is 0 Å². The van der Waals surface area contributed by atoms with E-state index >= 15 is 0 Å². The maximum Gasteiger partial charge on any atom is 0.228 e. The van der Waals surface area contributed by atoms with Crippen molar-refractivity contribution in [2.45, 2.75) is 6.54 Å². The lowest BCUT2D eigenvalue weighted by Gasteiger charge is -2.38. The number of hydrogen-bond donors (Lipinski definition) is 1. The van der Waals surface area contributed by atoms with E-state index in [-0.39, 0.29) is 5.92 Å². The van der Waals surface area contributed by atoms with Gasteiger partial charge in [0.25, 0.3) is 0 Å². The summed E-state index contributed by atoms with van der Waals surface area (Å²) in [5, 5.41) is 3.18. The van der Waals surface area contributed by atoms with E-state index in [1.165, 1.54) is 5.56 Å². The summed E-state index contributed by atoms with van der Waals surface area (Å²) in [6, 6.07) is 10.6. The van der Waals surface area contributed by atoms with Crippen molar-refractivity contribution < 1.29 is 4.79 Å². The van der Waals surface area contributed by atoms with Crippen molar-refractivity contribution in [3.63, 3.8) is 0 Å². The number of carbonyl (C=O) groups is 1. The molecule has 0 atom stereocenters. The Morgan fingerprint density at radius 2 is 1.87 bits per heavy atom. The quantitative estimate of drug-likeness (QED) is 0.829. The SMILES string of the molecule is CN(CCN1CCN(C(=O)C2CNC2)CC1)Cc1ccccc1. The molecule has 1 N–H and O–H groups in total. The molecule has 1 amide bonds. The van der Waals surface area contributed by atoms with Crippen molar-refractivity contribution >= 4 is 5.91 Å². The fourth-order valence-electron chi connectivity index (χ4n) is 3.20. The van der Waals surface area contributed by atoms with Gasteiger partial charge in [0, 0.05) is 58.9 Å². The van der Waals surface area contributed by atoms with Gasteiger partial charge in [-0.25, -0.2) is 0 Å². The van der Waals surface area contributed by atoms with Gasteiger partial charge >= 0.3 is 0 Å². The molecule has 0 aromatic heterocycles. The Morgan fingerprint density at radius 1 is 1.17 bits per heavy atom. The summed E-state index contributed by atoms with van der Waals surface area (Å²) < 4.78 is 0. The van der Waals surface area contributed by atoms with Crippen LogP contribution in [0.2, 0.25) is 0 Å². The zero-order chi connectivity index (χ0) is 16.1. The normalized spacial score (nSPS) is 19.8. The minimum absolute atomic E-state index is 0.235. The summed E-state index contributed by atoms with van der Waals surface area (Å²) in [5.41, 5.74) is 1.36. The van der Waals surface area contributed by atoms with Crippen LogP contribution in [-0.4, -0.2) is 80.0 Å². The molecule has 1 aromatic carbocycles. The number of nitrogens with one attached hydrogen (secondary N) is 1. The van der Waals surface area contributed by atoms with Crippen LogP contribution >= 0.6 is 0 Å². The number of piperazine rings is 1. The third-order valence-corrected chi connectivity index (χ3v) is 4.91. The van der Waals surface area contributed by atoms with Crippen LogP contribution < -0.4 is 5.32 Å². The van der Waals surface area contributed by atoms with Crippen LogP contribution in [0.5, 0.6) is 0 Å². The van der Waals surface area contributed by atoms with Gasteiger partial charge in [0.2, 0.25) is 5.91 Å². The number of amides is 1. The molecule has 5 nitrogen and oxygen atoms in total. The van der Waals surface area contributed by atoms with E-state index in [4.69, 9.17) is 0 Å². The third kappa shape index (κ3) is 4.53. The van der Waals surface area contributed by atoms with Crippen molar-refractivity contribution in [3.8, 4) is 0 Å². The average molecular weight is 316 g/mol. The highest BCUT2D eigenvalue weighted by atomic mass is 16.2. The molecule has 23 heavy (non-hydrogen) atoms. The van der Waals surface area contributed by atoms with E-state index in [1.807, 2.05) is 0 Å². The molecule has 126 valence electrons. The summed E-state index contributed by atoms with van der Waals surface area (Å²) in [6.45, 7) is 8.65. The highest BCUT2D eigenvalue weighted by molar-refractivity contribution is 5.80. The van der Waals surface area contributed by atoms with E-state index in [2.05, 4.69) is 57.4 Å². The van der Waals surface area contributed by atoms with E-state index in [1.54, 1.807) is 0 Å². The number of nitrogens with zero attached hydrogens (tertiary/aromatic N) is 3. The van der Waals surface area contributed by atoms with Gasteiger partial charge in [-0.3, -0.25) is 9.69 Å². The van der Waals surface area contributed by atoms with Crippen LogP contribution in [-0.2, 0) is 11.3 Å². The first-order chi connectivity index (χ1) is 11.2. The fraction of sp³-hybridized carbons (Fsp3) is 0.611. The van der Waals surface area contributed by atoms with Crippen molar-refractivity contribution in [2.24, 2.45) is 5.92 Å². The molecule has 2 heterocycles. The summed E-state index contributed by atoms with van der Waals surface area (Å²) in [4.78, 5) is 19.1. The molecule has 0 aliphatic carbocycles. The van der Waals surface area contributed by atoms with Gasteiger partial charge < -0.3 is 15.1 Å². The molecular formula is C18H28N4O. The highest BCUT2D eigenvalue weighted by Crippen LogP contribution is 2.11. The third-order valence-electron chi connectivity index (χ3n) is 4.91. The minimum atomic E-state index is 0.235. The zero-order valence-corrected chi connectivity index (χ0v) is 14.1. The Morgan fingerprint density at radius 3 is 2.48 bits per heavy atom. The average Bonchev–Trinajstić information content (AvgIpc) is 2.53. The second-order valence-electron chi connectivity index (χ2n) is 6.75. The molecule has 5 heteroatoms. The number of likely N-dealkylation sites (N-methyl/N-ethyl adjacent to an activating group) is 1. The van der Waals surface area contributed by atoms with Gasteiger partial charge in [0.1, 0.15) is 0 Å². The Balaban J connectivity index is 1.35. The molecule has 0 saturated carbocycles. The van der Waals surface area contributed by atoms with Crippen molar-refractivity contribution in [3.05, 3.63) is 35.9 Å². The fourth-order valence-corrected chi connectivity index (χ4v) is 3.20. The summed E-state index contributed by atoms with van der Waals surface area (Å²) >= 11 is 0. The highest BCUT2D eigenvalue weighted by Gasteiger charge is 2.30. The number of hydrogen-bond acceptors (Lipinski definition) is 4. The lowest BCUT2D eigenvalue weighted by Crippen LogP contribution is -2.56. The second-order valence-corrected chi connectivity index (χ2v) is 6.75. The molecular weight excluding hydrogens is 288 g/mol. The smallest absolute Gasteiger partial charge is 0.228 e. The molecule has 0 unspecified atom stereocenters. The van der Waals surface area contributed by atoms with Crippen LogP contribution in [0.3, 0.4) is 0 Å². The van der Waals surface area contributed by atoms with Crippen LogP contribution in [0.4, 0.5) is 0 Å². The maximum absolute atomic E-state index is 12.2. The molecule has 2 fully saturated rings. The Hall–Kier alpha value is -1.43. The number of carbonyl (C=O) groups excluding carboxylic acids is 1. The predicted octanol–water partition coefficient (Wildman–Crippen LogP) is 0.482. The van der Waals surface area contributed by atoms with Crippen LogP contribution in [0, 0.1) is 5.92 Å². The summed E-state index contributed by atoms with van der Waals surface area (Å²) in [7, 11) is 2.18. The second kappa shape index (κ2) is 7.90.